The number of nitrogens with one attached hydrogen (secondary N) is 1. The number of aromatic nitrogens is 2. The zero-order chi connectivity index (χ0) is 16.7. The van der Waals surface area contributed by atoms with Crippen molar-refractivity contribution in [1.82, 2.24) is 15.1 Å². The zero-order valence-corrected chi connectivity index (χ0v) is 14.5. The number of nitrogens with zero attached hydrogens (tertiary/aromatic N) is 2. The summed E-state index contributed by atoms with van der Waals surface area (Å²) in [7, 11) is 3.43. The fourth-order valence-electron chi connectivity index (χ4n) is 5.36. The molecule has 4 saturated carbocycles. The molecule has 0 radical (unpaired) electrons. The smallest absolute Gasteiger partial charge is 0.258 e. The van der Waals surface area contributed by atoms with E-state index in [-0.39, 0.29) is 5.91 Å². The third-order valence-electron chi connectivity index (χ3n) is 6.18. The van der Waals surface area contributed by atoms with Gasteiger partial charge in [0.15, 0.2) is 0 Å². The molecule has 1 N–H and O–H groups in total. The number of carbonyl (C=O) groups is 1. The molecule has 6 heteroatoms. The molecule has 0 saturated heterocycles. The lowest BCUT2D eigenvalue weighted by Gasteiger charge is -2.54. The molecular weight excluding hydrogens is 306 g/mol. The molecule has 4 aliphatic carbocycles. The monoisotopic (exact) mass is 333 g/mol. The van der Waals surface area contributed by atoms with Crippen LogP contribution in [0, 0.1) is 23.7 Å². The first-order chi connectivity index (χ1) is 11.7. The van der Waals surface area contributed by atoms with E-state index in [1.807, 2.05) is 0 Å². The van der Waals surface area contributed by atoms with Gasteiger partial charge in [-0.15, -0.1) is 0 Å². The third kappa shape index (κ3) is 2.81. The van der Waals surface area contributed by atoms with Crippen molar-refractivity contribution in [3.05, 3.63) is 11.8 Å². The van der Waals surface area contributed by atoms with Gasteiger partial charge in [-0.1, -0.05) is 0 Å². The van der Waals surface area contributed by atoms with Crippen LogP contribution in [0.4, 0.5) is 0 Å². The van der Waals surface area contributed by atoms with Crippen LogP contribution in [0.15, 0.2) is 6.20 Å². The van der Waals surface area contributed by atoms with Crippen molar-refractivity contribution in [3.63, 3.8) is 0 Å². The van der Waals surface area contributed by atoms with Crippen LogP contribution in [0.1, 0.15) is 42.5 Å². The van der Waals surface area contributed by atoms with Crippen molar-refractivity contribution < 1.29 is 14.3 Å². The largest absolute Gasteiger partial charge is 0.475 e. The summed E-state index contributed by atoms with van der Waals surface area (Å²) < 4.78 is 12.3. The molecule has 4 aliphatic rings. The highest BCUT2D eigenvalue weighted by atomic mass is 16.5. The number of aryl methyl sites for hydroxylation is 1. The summed E-state index contributed by atoms with van der Waals surface area (Å²) in [5.74, 6) is 3.62. The molecule has 6 nitrogen and oxygen atoms in total. The van der Waals surface area contributed by atoms with E-state index in [4.69, 9.17) is 9.47 Å². The van der Waals surface area contributed by atoms with Crippen molar-refractivity contribution in [1.29, 1.82) is 0 Å². The zero-order valence-electron chi connectivity index (χ0n) is 14.5. The lowest BCUT2D eigenvalue weighted by atomic mass is 9.54. The van der Waals surface area contributed by atoms with E-state index >= 15 is 0 Å². The molecule has 1 heterocycles. The lowest BCUT2D eigenvalue weighted by Crippen LogP contribution is -2.55. The van der Waals surface area contributed by atoms with E-state index in [0.717, 1.165) is 11.8 Å². The van der Waals surface area contributed by atoms with Crippen LogP contribution in [-0.4, -0.2) is 42.1 Å². The van der Waals surface area contributed by atoms with E-state index in [1.165, 1.54) is 32.1 Å². The van der Waals surface area contributed by atoms with Gasteiger partial charge in [0.1, 0.15) is 12.2 Å². The Morgan fingerprint density at radius 1 is 1.21 bits per heavy atom. The van der Waals surface area contributed by atoms with Crippen LogP contribution >= 0.6 is 0 Å². The van der Waals surface area contributed by atoms with Gasteiger partial charge in [-0.25, -0.2) is 4.68 Å². The maximum absolute atomic E-state index is 12.8. The lowest BCUT2D eigenvalue weighted by molar-refractivity contribution is -0.0120. The van der Waals surface area contributed by atoms with Gasteiger partial charge in [-0.2, -0.15) is 5.10 Å². The Kier molecular flexibility index (Phi) is 4.24. The number of amides is 1. The van der Waals surface area contributed by atoms with Crippen LogP contribution in [0.2, 0.25) is 0 Å². The minimum Gasteiger partial charge on any atom is -0.475 e. The van der Waals surface area contributed by atoms with Gasteiger partial charge in [-0.05, 0) is 55.8 Å². The molecule has 1 aromatic heterocycles. The molecule has 1 amide bonds. The summed E-state index contributed by atoms with van der Waals surface area (Å²) in [6.45, 7) is 0.899. The minimum absolute atomic E-state index is 0.0482. The Labute approximate surface area is 142 Å². The molecule has 4 bridgehead atoms. The van der Waals surface area contributed by atoms with Crippen molar-refractivity contribution in [2.24, 2.45) is 30.7 Å². The minimum atomic E-state index is -0.0482. The molecule has 0 aromatic carbocycles. The maximum atomic E-state index is 12.8. The van der Waals surface area contributed by atoms with Gasteiger partial charge >= 0.3 is 0 Å². The van der Waals surface area contributed by atoms with Crippen LogP contribution in [0.5, 0.6) is 5.88 Å². The molecule has 4 fully saturated rings. The maximum Gasteiger partial charge on any atom is 0.258 e. The third-order valence-corrected chi connectivity index (χ3v) is 6.18. The van der Waals surface area contributed by atoms with Crippen molar-refractivity contribution in [3.8, 4) is 5.88 Å². The Balaban J connectivity index is 1.45. The predicted octanol–water partition coefficient (Wildman–Crippen LogP) is 2.00. The number of ether oxygens (including phenoxy) is 2. The van der Waals surface area contributed by atoms with E-state index in [2.05, 4.69) is 10.4 Å². The molecular formula is C18H27N3O3. The summed E-state index contributed by atoms with van der Waals surface area (Å²) in [6.07, 6.45) is 8.20. The average molecular weight is 333 g/mol. The molecule has 132 valence electrons. The second-order valence-electron chi connectivity index (χ2n) is 7.76. The van der Waals surface area contributed by atoms with E-state index in [0.29, 0.717) is 42.5 Å². The highest BCUT2D eigenvalue weighted by Crippen LogP contribution is 2.53. The van der Waals surface area contributed by atoms with E-state index < -0.39 is 0 Å². The number of rotatable bonds is 6. The first-order valence-corrected chi connectivity index (χ1v) is 9.10. The SMILES string of the molecule is COCCOc1c(C(=O)NC2C3CC4CC(C3)CC2C4)cnn1C. The van der Waals surface area contributed by atoms with Gasteiger partial charge in [0.25, 0.3) is 5.91 Å². The summed E-state index contributed by atoms with van der Waals surface area (Å²) >= 11 is 0. The molecule has 0 spiro atoms. The van der Waals surface area contributed by atoms with E-state index in [9.17, 15) is 4.79 Å². The van der Waals surface area contributed by atoms with Crippen molar-refractivity contribution in [2.75, 3.05) is 20.3 Å². The normalized spacial score (nSPS) is 33.7. The van der Waals surface area contributed by atoms with Crippen molar-refractivity contribution >= 4 is 5.91 Å². The molecule has 1 aromatic rings. The summed E-state index contributed by atoms with van der Waals surface area (Å²) in [6, 6.07) is 0.331. The summed E-state index contributed by atoms with van der Waals surface area (Å²) in [5.41, 5.74) is 0.530. The molecule has 0 atom stereocenters. The predicted molar refractivity (Wildman–Crippen MR) is 88.9 cm³/mol. The van der Waals surface area contributed by atoms with Crippen LogP contribution in [0.25, 0.3) is 0 Å². The second-order valence-corrected chi connectivity index (χ2v) is 7.76. The summed E-state index contributed by atoms with van der Waals surface area (Å²) in [4.78, 5) is 12.8. The van der Waals surface area contributed by atoms with E-state index in [1.54, 1.807) is 25.0 Å². The molecule has 5 rings (SSSR count). The highest BCUT2D eigenvalue weighted by Gasteiger charge is 2.48. The quantitative estimate of drug-likeness (QED) is 0.809. The Morgan fingerprint density at radius 3 is 2.50 bits per heavy atom. The van der Waals surface area contributed by atoms with Gasteiger partial charge in [0.05, 0.1) is 12.8 Å². The van der Waals surface area contributed by atoms with Crippen LogP contribution < -0.4 is 10.1 Å². The second kappa shape index (κ2) is 6.39. The average Bonchev–Trinajstić information content (AvgIpc) is 2.91. The number of methoxy groups -OCH3 is 1. The number of hydrogen-bond acceptors (Lipinski definition) is 4. The fourth-order valence-corrected chi connectivity index (χ4v) is 5.36. The first kappa shape index (κ1) is 15.9. The highest BCUT2D eigenvalue weighted by molar-refractivity contribution is 5.96. The van der Waals surface area contributed by atoms with Gasteiger partial charge in [0, 0.05) is 20.2 Å². The van der Waals surface area contributed by atoms with Gasteiger partial charge in [0.2, 0.25) is 5.88 Å². The van der Waals surface area contributed by atoms with Crippen LogP contribution in [-0.2, 0) is 11.8 Å². The Hall–Kier alpha value is -1.56. The number of carbonyl (C=O) groups excluding carboxylic acids is 1. The fraction of sp³-hybridized carbons (Fsp3) is 0.778. The van der Waals surface area contributed by atoms with Crippen LogP contribution in [0.3, 0.4) is 0 Å². The molecule has 0 unspecified atom stereocenters. The Bertz CT molecular complexity index is 585. The summed E-state index contributed by atoms with van der Waals surface area (Å²) in [5, 5.41) is 7.51. The molecule has 24 heavy (non-hydrogen) atoms. The molecule has 0 aliphatic heterocycles. The van der Waals surface area contributed by atoms with Gasteiger partial charge in [-0.3, -0.25) is 4.79 Å². The standard InChI is InChI=1S/C18H27N3O3/c1-21-18(24-4-3-23-2)15(10-19-21)17(22)20-16-13-6-11-5-12(8-13)9-14(16)7-11/h10-14,16H,3-9H2,1-2H3,(H,20,22). The number of hydrogen-bond donors (Lipinski definition) is 1. The van der Waals surface area contributed by atoms with Crippen molar-refractivity contribution in [2.45, 2.75) is 38.1 Å². The first-order valence-electron chi connectivity index (χ1n) is 9.10. The van der Waals surface area contributed by atoms with Gasteiger partial charge < -0.3 is 14.8 Å². The topological polar surface area (TPSA) is 65.4 Å². The Morgan fingerprint density at radius 2 is 1.88 bits per heavy atom.